The number of carbonyl (C=O) groups is 3. The van der Waals surface area contributed by atoms with Gasteiger partial charge in [0.1, 0.15) is 0 Å². The van der Waals surface area contributed by atoms with Crippen molar-refractivity contribution < 1.29 is 28.6 Å². The molecule has 86 valence electrons. The highest BCUT2D eigenvalue weighted by Gasteiger charge is 2.55. The van der Waals surface area contributed by atoms with Gasteiger partial charge in [0.15, 0.2) is 0 Å². The van der Waals surface area contributed by atoms with Crippen molar-refractivity contribution in [3.8, 4) is 0 Å². The number of methoxy groups -OCH3 is 3. The quantitative estimate of drug-likeness (QED) is 0.346. The summed E-state index contributed by atoms with van der Waals surface area (Å²) in [6, 6.07) is 0. The molecule has 0 amide bonds. The van der Waals surface area contributed by atoms with Crippen molar-refractivity contribution in [1.82, 2.24) is 0 Å². The molecule has 2 N–H and O–H groups in total. The summed E-state index contributed by atoms with van der Waals surface area (Å²) < 4.78 is 13.0. The number of rotatable bonds is 4. The lowest BCUT2D eigenvalue weighted by Gasteiger charge is -2.23. The van der Waals surface area contributed by atoms with Gasteiger partial charge in [-0.15, -0.1) is 0 Å². The Morgan fingerprint density at radius 3 is 1.33 bits per heavy atom. The van der Waals surface area contributed by atoms with E-state index in [-0.39, 0.29) is 0 Å². The first-order valence-electron chi connectivity index (χ1n) is 3.96. The summed E-state index contributed by atoms with van der Waals surface area (Å²) in [6.45, 7) is -0.584. The van der Waals surface area contributed by atoms with E-state index in [1.165, 1.54) is 0 Å². The highest BCUT2D eigenvalue weighted by molar-refractivity contribution is 6.18. The maximum Gasteiger partial charge on any atom is 0.336 e. The van der Waals surface area contributed by atoms with Gasteiger partial charge in [0.2, 0.25) is 0 Å². The first-order valence-corrected chi connectivity index (χ1v) is 3.96. The summed E-state index contributed by atoms with van der Waals surface area (Å²) in [5, 5.41) is 0. The van der Waals surface area contributed by atoms with Crippen LogP contribution in [-0.4, -0.2) is 45.8 Å². The minimum atomic E-state index is -2.24. The van der Waals surface area contributed by atoms with Gasteiger partial charge in [0.05, 0.1) is 21.3 Å². The van der Waals surface area contributed by atoms with Gasteiger partial charge in [0.25, 0.3) is 5.41 Å². The first-order chi connectivity index (χ1) is 7.00. The van der Waals surface area contributed by atoms with E-state index in [1.54, 1.807) is 0 Å². The molecule has 0 radical (unpaired) electrons. The number of esters is 3. The predicted molar refractivity (Wildman–Crippen MR) is 47.5 cm³/mol. The van der Waals surface area contributed by atoms with Crippen LogP contribution in [0.4, 0.5) is 0 Å². The van der Waals surface area contributed by atoms with Gasteiger partial charge in [-0.1, -0.05) is 0 Å². The average Bonchev–Trinajstić information content (AvgIpc) is 2.29. The van der Waals surface area contributed by atoms with Gasteiger partial charge in [0, 0.05) is 6.54 Å². The van der Waals surface area contributed by atoms with E-state index in [0.717, 1.165) is 21.3 Å². The average molecular weight is 219 g/mol. The van der Waals surface area contributed by atoms with Crippen LogP contribution in [0.25, 0.3) is 0 Å². The van der Waals surface area contributed by atoms with Gasteiger partial charge in [-0.2, -0.15) is 0 Å². The largest absolute Gasteiger partial charge is 0.468 e. The predicted octanol–water partition coefficient (Wildman–Crippen LogP) is -1.55. The number of nitrogens with two attached hydrogens (primary N) is 1. The molecule has 0 rings (SSSR count). The minimum Gasteiger partial charge on any atom is -0.468 e. The SMILES string of the molecule is COC(=O)C(CN)(C(=O)OC)C(=O)OC. The third-order valence-corrected chi connectivity index (χ3v) is 1.91. The van der Waals surface area contributed by atoms with Crippen LogP contribution < -0.4 is 5.73 Å². The molecule has 0 aliphatic heterocycles. The van der Waals surface area contributed by atoms with Crippen molar-refractivity contribution >= 4 is 17.9 Å². The lowest BCUT2D eigenvalue weighted by atomic mass is 9.88. The molecule has 0 spiro atoms. The molecule has 0 bridgehead atoms. The highest BCUT2D eigenvalue weighted by Crippen LogP contribution is 2.21. The minimum absolute atomic E-state index is 0.584. The topological polar surface area (TPSA) is 105 Å². The molecule has 0 fully saturated rings. The summed E-state index contributed by atoms with van der Waals surface area (Å²) in [5.74, 6) is -3.32. The number of ether oxygens (including phenoxy) is 3. The second-order valence-corrected chi connectivity index (χ2v) is 2.58. The van der Waals surface area contributed by atoms with Gasteiger partial charge in [-0.3, -0.25) is 14.4 Å². The summed E-state index contributed by atoms with van der Waals surface area (Å²) in [4.78, 5) is 34.1. The van der Waals surface area contributed by atoms with E-state index >= 15 is 0 Å². The lowest BCUT2D eigenvalue weighted by molar-refractivity contribution is -0.179. The Kier molecular flexibility index (Phi) is 4.72. The number of carbonyl (C=O) groups excluding carboxylic acids is 3. The maximum absolute atomic E-state index is 11.4. The summed E-state index contributed by atoms with van der Waals surface area (Å²) in [5.41, 5.74) is 3.00. The molecule has 0 atom stereocenters. The Labute approximate surface area is 86.5 Å². The van der Waals surface area contributed by atoms with Gasteiger partial charge >= 0.3 is 17.9 Å². The molecule has 0 heterocycles. The standard InChI is InChI=1S/C8H13NO6/c1-13-5(10)8(4-9,6(11)14-2)7(12)15-3/h4,9H2,1-3H3. The fourth-order valence-corrected chi connectivity index (χ4v) is 1.02. The van der Waals surface area contributed by atoms with E-state index in [1.807, 2.05) is 0 Å². The van der Waals surface area contributed by atoms with Crippen LogP contribution in [-0.2, 0) is 28.6 Å². The highest BCUT2D eigenvalue weighted by atomic mass is 16.6. The molecule has 0 aromatic carbocycles. The Morgan fingerprint density at radius 2 is 1.20 bits per heavy atom. The Bertz CT molecular complexity index is 234. The summed E-state index contributed by atoms with van der Waals surface area (Å²) in [7, 11) is 3.08. The second kappa shape index (κ2) is 5.30. The Morgan fingerprint density at radius 1 is 0.933 bits per heavy atom. The van der Waals surface area contributed by atoms with Crippen LogP contribution >= 0.6 is 0 Å². The lowest BCUT2D eigenvalue weighted by Crippen LogP contribution is -2.53. The molecule has 7 nitrogen and oxygen atoms in total. The van der Waals surface area contributed by atoms with Gasteiger partial charge in [-0.25, -0.2) is 0 Å². The van der Waals surface area contributed by atoms with E-state index in [4.69, 9.17) is 5.73 Å². The molecular weight excluding hydrogens is 206 g/mol. The zero-order valence-electron chi connectivity index (χ0n) is 8.73. The Hall–Kier alpha value is -1.63. The Balaban J connectivity index is 5.39. The molecule has 0 unspecified atom stereocenters. The van der Waals surface area contributed by atoms with Crippen molar-refractivity contribution in [3.05, 3.63) is 0 Å². The molecule has 0 saturated heterocycles. The van der Waals surface area contributed by atoms with Crippen LogP contribution in [0.3, 0.4) is 0 Å². The van der Waals surface area contributed by atoms with Crippen molar-refractivity contribution in [3.63, 3.8) is 0 Å². The van der Waals surface area contributed by atoms with Crippen molar-refractivity contribution in [2.24, 2.45) is 11.1 Å². The van der Waals surface area contributed by atoms with Crippen LogP contribution in [0.2, 0.25) is 0 Å². The van der Waals surface area contributed by atoms with E-state index in [0.29, 0.717) is 0 Å². The fraction of sp³-hybridized carbons (Fsp3) is 0.625. The van der Waals surface area contributed by atoms with Crippen LogP contribution in [0.1, 0.15) is 0 Å². The molecule has 0 aliphatic carbocycles. The third kappa shape index (κ3) is 2.07. The number of hydrogen-bond acceptors (Lipinski definition) is 7. The van der Waals surface area contributed by atoms with Crippen LogP contribution in [0, 0.1) is 5.41 Å². The van der Waals surface area contributed by atoms with Gasteiger partial charge < -0.3 is 19.9 Å². The van der Waals surface area contributed by atoms with E-state index in [2.05, 4.69) is 14.2 Å². The normalized spacial score (nSPS) is 10.4. The zero-order valence-corrected chi connectivity index (χ0v) is 8.73. The number of hydrogen-bond donors (Lipinski definition) is 1. The van der Waals surface area contributed by atoms with Gasteiger partial charge in [-0.05, 0) is 0 Å². The smallest absolute Gasteiger partial charge is 0.336 e. The monoisotopic (exact) mass is 219 g/mol. The van der Waals surface area contributed by atoms with Crippen molar-refractivity contribution in [2.75, 3.05) is 27.9 Å². The molecular formula is C8H13NO6. The first kappa shape index (κ1) is 13.4. The molecule has 0 saturated carbocycles. The fourth-order valence-electron chi connectivity index (χ4n) is 1.02. The maximum atomic E-state index is 11.4. The molecule has 0 aromatic heterocycles. The van der Waals surface area contributed by atoms with Crippen LogP contribution in [0.5, 0.6) is 0 Å². The molecule has 0 aromatic rings. The van der Waals surface area contributed by atoms with Crippen LogP contribution in [0.15, 0.2) is 0 Å². The van der Waals surface area contributed by atoms with E-state index in [9.17, 15) is 14.4 Å². The molecule has 0 aliphatic rings. The van der Waals surface area contributed by atoms with Crippen molar-refractivity contribution in [2.45, 2.75) is 0 Å². The molecule has 7 heteroatoms. The summed E-state index contributed by atoms with van der Waals surface area (Å²) >= 11 is 0. The second-order valence-electron chi connectivity index (χ2n) is 2.58. The third-order valence-electron chi connectivity index (χ3n) is 1.91. The molecule has 15 heavy (non-hydrogen) atoms. The van der Waals surface area contributed by atoms with E-state index < -0.39 is 29.9 Å². The zero-order chi connectivity index (χ0) is 12.1. The summed E-state index contributed by atoms with van der Waals surface area (Å²) in [6.07, 6.45) is 0. The van der Waals surface area contributed by atoms with Crippen molar-refractivity contribution in [1.29, 1.82) is 0 Å².